The predicted octanol–water partition coefficient (Wildman–Crippen LogP) is 2.00. The highest BCUT2D eigenvalue weighted by Gasteiger charge is 2.14. The third kappa shape index (κ3) is 2.73. The van der Waals surface area contributed by atoms with Gasteiger partial charge in [-0.15, -0.1) is 10.2 Å². The van der Waals surface area contributed by atoms with Crippen LogP contribution in [0.5, 0.6) is 5.75 Å². The van der Waals surface area contributed by atoms with E-state index in [0.29, 0.717) is 5.76 Å². The summed E-state index contributed by atoms with van der Waals surface area (Å²) in [7, 11) is 0. The summed E-state index contributed by atoms with van der Waals surface area (Å²) < 4.78 is 15.8. The minimum absolute atomic E-state index is 0.00998. The maximum Gasteiger partial charge on any atom is 0.339 e. The Morgan fingerprint density at radius 1 is 1.33 bits per heavy atom. The number of carboxylic acids is 1. The topological polar surface area (TPSA) is 111 Å². The average molecular weight is 287 g/mol. The highest BCUT2D eigenvalue weighted by Crippen LogP contribution is 2.20. The molecule has 0 saturated carbocycles. The fourth-order valence-corrected chi connectivity index (χ4v) is 1.62. The Bertz CT molecular complexity index is 751. The van der Waals surface area contributed by atoms with Crippen LogP contribution in [-0.4, -0.2) is 26.3 Å². The van der Waals surface area contributed by atoms with Crippen LogP contribution in [0.2, 0.25) is 0 Å². The number of furan rings is 1. The van der Waals surface area contributed by atoms with Gasteiger partial charge in [0.2, 0.25) is 0 Å². The summed E-state index contributed by atoms with van der Waals surface area (Å²) in [5.41, 5.74) is 0.00998. The monoisotopic (exact) mass is 287 g/mol. The van der Waals surface area contributed by atoms with Crippen molar-refractivity contribution in [1.82, 2.24) is 15.2 Å². The van der Waals surface area contributed by atoms with Crippen LogP contribution in [0.4, 0.5) is 0 Å². The fourth-order valence-electron chi connectivity index (χ4n) is 1.62. The summed E-state index contributed by atoms with van der Waals surface area (Å²) in [5, 5.41) is 16.6. The van der Waals surface area contributed by atoms with E-state index >= 15 is 0 Å². The fraction of sp³-hybridized carbons (Fsp3) is 0.0769. The van der Waals surface area contributed by atoms with Gasteiger partial charge in [0.05, 0.1) is 12.5 Å². The molecular weight excluding hydrogens is 278 g/mol. The van der Waals surface area contributed by atoms with E-state index in [1.807, 2.05) is 0 Å². The molecule has 0 spiro atoms. The minimum atomic E-state index is -1.10. The number of hydrogen-bond acceptors (Lipinski definition) is 7. The first kappa shape index (κ1) is 12.9. The number of carbonyl (C=O) groups is 1. The van der Waals surface area contributed by atoms with Gasteiger partial charge in [-0.25, -0.2) is 4.79 Å². The van der Waals surface area contributed by atoms with Crippen LogP contribution >= 0.6 is 0 Å². The molecule has 8 heteroatoms. The summed E-state index contributed by atoms with van der Waals surface area (Å²) in [6, 6.07) is 4.73. The molecule has 3 aromatic heterocycles. The Balaban J connectivity index is 1.73. The molecule has 0 aliphatic carbocycles. The van der Waals surface area contributed by atoms with Gasteiger partial charge < -0.3 is 18.7 Å². The number of hydrogen-bond donors (Lipinski definition) is 1. The molecule has 3 rings (SSSR count). The number of ether oxygens (including phenoxy) is 1. The van der Waals surface area contributed by atoms with Crippen LogP contribution in [0.1, 0.15) is 16.2 Å². The Labute approximate surface area is 118 Å². The molecule has 0 atom stereocenters. The zero-order chi connectivity index (χ0) is 14.7. The molecule has 21 heavy (non-hydrogen) atoms. The number of carboxylic acid groups (broad SMARTS) is 1. The van der Waals surface area contributed by atoms with Crippen molar-refractivity contribution in [2.45, 2.75) is 6.61 Å². The zero-order valence-electron chi connectivity index (χ0n) is 10.6. The summed E-state index contributed by atoms with van der Waals surface area (Å²) in [5.74, 6) is -0.108. The maximum atomic E-state index is 11.0. The molecule has 0 unspecified atom stereocenters. The van der Waals surface area contributed by atoms with Gasteiger partial charge in [0.25, 0.3) is 11.8 Å². The highest BCUT2D eigenvalue weighted by molar-refractivity contribution is 5.90. The van der Waals surface area contributed by atoms with Gasteiger partial charge in [-0.3, -0.25) is 4.98 Å². The lowest BCUT2D eigenvalue weighted by atomic mass is 10.2. The molecule has 3 heterocycles. The maximum absolute atomic E-state index is 11.0. The second-order valence-corrected chi connectivity index (χ2v) is 3.94. The lowest BCUT2D eigenvalue weighted by Crippen LogP contribution is -2.04. The zero-order valence-corrected chi connectivity index (χ0v) is 10.6. The van der Waals surface area contributed by atoms with Gasteiger partial charge in [0.1, 0.15) is 5.56 Å². The third-order valence-electron chi connectivity index (χ3n) is 2.56. The summed E-state index contributed by atoms with van der Waals surface area (Å²) in [6.07, 6.45) is 4.18. The molecule has 0 saturated heterocycles. The molecule has 0 aliphatic rings. The van der Waals surface area contributed by atoms with E-state index in [9.17, 15) is 4.79 Å². The van der Waals surface area contributed by atoms with Crippen LogP contribution in [0.25, 0.3) is 11.7 Å². The normalized spacial score (nSPS) is 10.5. The minimum Gasteiger partial charge on any atom is -0.481 e. The largest absolute Gasteiger partial charge is 0.481 e. The van der Waals surface area contributed by atoms with Crippen molar-refractivity contribution in [1.29, 1.82) is 0 Å². The van der Waals surface area contributed by atoms with Crippen LogP contribution in [-0.2, 0) is 6.61 Å². The Hall–Kier alpha value is -3.16. The number of aromatic carboxylic acids is 1. The van der Waals surface area contributed by atoms with Crippen molar-refractivity contribution in [3.05, 3.63) is 48.3 Å². The first-order valence-electron chi connectivity index (χ1n) is 5.90. The van der Waals surface area contributed by atoms with Crippen molar-refractivity contribution < 1.29 is 23.5 Å². The number of aromatic nitrogens is 3. The number of rotatable bonds is 5. The first-order chi connectivity index (χ1) is 10.2. The van der Waals surface area contributed by atoms with Gasteiger partial charge in [-0.05, 0) is 18.2 Å². The van der Waals surface area contributed by atoms with Gasteiger partial charge >= 0.3 is 5.97 Å². The van der Waals surface area contributed by atoms with Crippen LogP contribution in [0.3, 0.4) is 0 Å². The van der Waals surface area contributed by atoms with E-state index in [1.54, 1.807) is 12.1 Å². The van der Waals surface area contributed by atoms with E-state index < -0.39 is 5.97 Å². The van der Waals surface area contributed by atoms with Crippen molar-refractivity contribution in [2.24, 2.45) is 0 Å². The Morgan fingerprint density at radius 3 is 3.00 bits per heavy atom. The Morgan fingerprint density at radius 2 is 2.24 bits per heavy atom. The van der Waals surface area contributed by atoms with E-state index in [2.05, 4.69) is 15.2 Å². The first-order valence-corrected chi connectivity index (χ1v) is 5.90. The molecule has 8 nitrogen and oxygen atoms in total. The molecular formula is C13H9N3O5. The average Bonchev–Trinajstić information content (AvgIpc) is 3.16. The van der Waals surface area contributed by atoms with Gasteiger partial charge in [-0.1, -0.05) is 0 Å². The predicted molar refractivity (Wildman–Crippen MR) is 67.5 cm³/mol. The van der Waals surface area contributed by atoms with E-state index in [-0.39, 0.29) is 29.7 Å². The van der Waals surface area contributed by atoms with Crippen LogP contribution < -0.4 is 4.74 Å². The molecule has 1 N–H and O–H groups in total. The quantitative estimate of drug-likeness (QED) is 0.758. The standard InChI is InChI=1S/C13H9N3O5/c17-13(18)8-3-4-14-6-10(8)20-7-11-15-16-12(21-11)9-2-1-5-19-9/h1-6H,7H2,(H,17,18). The Kier molecular flexibility index (Phi) is 3.34. The van der Waals surface area contributed by atoms with Crippen molar-refractivity contribution in [2.75, 3.05) is 0 Å². The highest BCUT2D eigenvalue weighted by atomic mass is 16.5. The van der Waals surface area contributed by atoms with Gasteiger partial charge in [-0.2, -0.15) is 0 Å². The number of pyridine rings is 1. The lowest BCUT2D eigenvalue weighted by Gasteiger charge is -2.05. The molecule has 0 radical (unpaired) electrons. The second kappa shape index (κ2) is 5.45. The van der Waals surface area contributed by atoms with Crippen molar-refractivity contribution in [3.63, 3.8) is 0 Å². The second-order valence-electron chi connectivity index (χ2n) is 3.94. The number of nitrogens with zero attached hydrogens (tertiary/aromatic N) is 3. The summed E-state index contributed by atoms with van der Waals surface area (Å²) in [6.45, 7) is -0.0698. The van der Waals surface area contributed by atoms with E-state index in [0.717, 1.165) is 0 Å². The molecule has 0 aliphatic heterocycles. The lowest BCUT2D eigenvalue weighted by molar-refractivity contribution is 0.0691. The van der Waals surface area contributed by atoms with Crippen molar-refractivity contribution >= 4 is 5.97 Å². The van der Waals surface area contributed by atoms with Gasteiger partial charge in [0, 0.05) is 6.20 Å². The van der Waals surface area contributed by atoms with Crippen LogP contribution in [0, 0.1) is 0 Å². The molecule has 106 valence electrons. The molecule has 0 bridgehead atoms. The summed E-state index contributed by atoms with van der Waals surface area (Å²) in [4.78, 5) is 14.8. The summed E-state index contributed by atoms with van der Waals surface area (Å²) >= 11 is 0. The third-order valence-corrected chi connectivity index (χ3v) is 2.56. The molecule has 0 amide bonds. The molecule has 0 aromatic carbocycles. The molecule has 3 aromatic rings. The van der Waals surface area contributed by atoms with Gasteiger partial charge in [0.15, 0.2) is 18.1 Å². The SMILES string of the molecule is O=C(O)c1ccncc1OCc1nnc(-c2ccco2)o1. The van der Waals surface area contributed by atoms with E-state index in [4.69, 9.17) is 18.7 Å². The van der Waals surface area contributed by atoms with E-state index in [1.165, 1.54) is 24.7 Å². The molecule has 0 fully saturated rings. The van der Waals surface area contributed by atoms with Crippen LogP contribution in [0.15, 0.2) is 45.7 Å². The van der Waals surface area contributed by atoms with Crippen molar-refractivity contribution in [3.8, 4) is 17.4 Å². The smallest absolute Gasteiger partial charge is 0.339 e.